The number of esters is 1. The Morgan fingerprint density at radius 1 is 0.912 bits per heavy atom. The number of amides is 1. The highest BCUT2D eigenvalue weighted by Gasteiger charge is 2.56. The van der Waals surface area contributed by atoms with Gasteiger partial charge in [-0.25, -0.2) is 4.79 Å². The number of piperidine rings is 1. The van der Waals surface area contributed by atoms with E-state index in [1.807, 2.05) is 26.0 Å². The van der Waals surface area contributed by atoms with Gasteiger partial charge < -0.3 is 43.9 Å². The molecule has 2 bridgehead atoms. The number of ether oxygens (including phenoxy) is 5. The Morgan fingerprint density at radius 3 is 2.23 bits per heavy atom. The number of carbonyl (C=O) groups excluding carboxylic acids is 4. The lowest BCUT2D eigenvalue weighted by Gasteiger charge is -2.47. The average Bonchev–Trinajstić information content (AvgIpc) is 3.18. The number of Topliss-reactive ketones (excluding diaryl/α,β-unsaturated/α-hetero) is 2. The first-order valence-electron chi connectivity index (χ1n) is 20.9. The van der Waals surface area contributed by atoms with Gasteiger partial charge in [0.05, 0.1) is 30.5 Å². The summed E-state index contributed by atoms with van der Waals surface area (Å²) in [5, 5.41) is 34.1. The first kappa shape index (κ1) is 46.9. The third-order valence-electron chi connectivity index (χ3n) is 12.8. The molecule has 4 aliphatic rings. The van der Waals surface area contributed by atoms with Crippen LogP contribution in [0.5, 0.6) is 0 Å². The number of hydrogen-bond donors (Lipinski definition) is 3. The predicted octanol–water partition coefficient (Wildman–Crippen LogP) is 4.64. The van der Waals surface area contributed by atoms with E-state index in [-0.39, 0.29) is 55.4 Å². The largest absolute Gasteiger partial charge is 0.456 e. The van der Waals surface area contributed by atoms with Crippen molar-refractivity contribution in [1.82, 2.24) is 4.90 Å². The summed E-state index contributed by atoms with van der Waals surface area (Å²) in [7, 11) is 4.61. The first-order valence-corrected chi connectivity index (χ1v) is 20.9. The Kier molecular flexibility index (Phi) is 17.2. The number of hydrogen-bond acceptors (Lipinski definition) is 12. The molecule has 13 heteroatoms. The molecular formula is C44H69NO12. The number of nitrogens with zero attached hydrogens (tertiary/aromatic N) is 1. The maximum atomic E-state index is 14.3. The Labute approximate surface area is 339 Å². The second-order valence-electron chi connectivity index (χ2n) is 17.3. The van der Waals surface area contributed by atoms with Gasteiger partial charge in [-0.2, -0.15) is 0 Å². The normalized spacial score (nSPS) is 41.0. The van der Waals surface area contributed by atoms with E-state index in [0.717, 1.165) is 0 Å². The van der Waals surface area contributed by atoms with Crippen LogP contribution in [0.4, 0.5) is 0 Å². The zero-order valence-electron chi connectivity index (χ0n) is 35.4. The van der Waals surface area contributed by atoms with Crippen molar-refractivity contribution in [1.29, 1.82) is 0 Å². The molecule has 2 unspecified atom stereocenters. The van der Waals surface area contributed by atoms with Gasteiger partial charge in [-0.05, 0) is 100 Å². The zero-order chi connectivity index (χ0) is 42.2. The van der Waals surface area contributed by atoms with Gasteiger partial charge in [0.25, 0.3) is 11.7 Å². The van der Waals surface area contributed by atoms with Crippen LogP contribution in [-0.2, 0) is 42.9 Å². The molecular weight excluding hydrogens is 734 g/mol. The fraction of sp³-hybridized carbons (Fsp3) is 0.773. The molecule has 0 radical (unpaired) electrons. The van der Waals surface area contributed by atoms with Crippen molar-refractivity contribution in [3.63, 3.8) is 0 Å². The molecule has 0 aromatic heterocycles. The van der Waals surface area contributed by atoms with Gasteiger partial charge in [-0.1, -0.05) is 45.9 Å². The molecule has 1 amide bonds. The Hall–Kier alpha value is -2.78. The summed E-state index contributed by atoms with van der Waals surface area (Å²) in [5.74, 6) is -7.32. The maximum absolute atomic E-state index is 14.3. The van der Waals surface area contributed by atoms with Crippen LogP contribution in [-0.4, -0.2) is 126 Å². The number of rotatable bonds is 7. The van der Waals surface area contributed by atoms with Gasteiger partial charge in [-0.15, -0.1) is 6.58 Å². The second-order valence-corrected chi connectivity index (χ2v) is 17.3. The van der Waals surface area contributed by atoms with Crippen molar-refractivity contribution in [2.75, 3.05) is 27.9 Å². The lowest BCUT2D eigenvalue weighted by Crippen LogP contribution is -2.64. The number of aliphatic hydroxyl groups excluding tert-OH is 2. The molecule has 4 rings (SSSR count). The van der Waals surface area contributed by atoms with E-state index in [1.165, 1.54) is 19.1 Å². The van der Waals surface area contributed by atoms with Crippen molar-refractivity contribution < 1.29 is 58.2 Å². The Balaban J connectivity index is 1.78. The van der Waals surface area contributed by atoms with Gasteiger partial charge in [-0.3, -0.25) is 14.4 Å². The van der Waals surface area contributed by atoms with Gasteiger partial charge >= 0.3 is 5.97 Å². The van der Waals surface area contributed by atoms with Crippen LogP contribution in [0.15, 0.2) is 36.0 Å². The molecule has 0 spiro atoms. The zero-order valence-corrected chi connectivity index (χ0v) is 35.4. The van der Waals surface area contributed by atoms with Crippen molar-refractivity contribution in [2.45, 2.75) is 160 Å². The topological polar surface area (TPSA) is 178 Å². The van der Waals surface area contributed by atoms with E-state index in [1.54, 1.807) is 27.0 Å². The molecule has 3 N–H and O–H groups in total. The van der Waals surface area contributed by atoms with Crippen LogP contribution in [0.3, 0.4) is 0 Å². The van der Waals surface area contributed by atoms with E-state index in [9.17, 15) is 34.5 Å². The summed E-state index contributed by atoms with van der Waals surface area (Å²) in [4.78, 5) is 57.8. The lowest BCUT2D eigenvalue weighted by atomic mass is 9.81. The molecule has 13 nitrogen and oxygen atoms in total. The van der Waals surface area contributed by atoms with Crippen LogP contribution in [0.1, 0.15) is 105 Å². The van der Waals surface area contributed by atoms with Crippen molar-refractivity contribution in [2.24, 2.45) is 29.6 Å². The Bertz CT molecular complexity index is 1480. The minimum Gasteiger partial charge on any atom is -0.456 e. The standard InChI is InChI=1S/C44H69NO12/c1-10-13-31-19-25(2)18-26(3)20-37(54-8)40-38(55-9)22-28(5)44(52,57-40)41(49)42(50)45-17-12-11-14-32(45)43(51)56-39(29(6)34(47)24-35(31)48)27(4)21-30-15-16-33(46)36(23-30)53-7/h10,19,21,25-26,28-30,32-34,36-40,46-47,52H,1,11-18,20,22-24H2,2-9H3/b27-21?,31-19+/t25?,26-,28+,29+,30-,32?,33+,34-,36+,37-,38-,39+,40+,44+/m0/s1. The Morgan fingerprint density at radius 2 is 1.58 bits per heavy atom. The molecule has 0 aromatic rings. The summed E-state index contributed by atoms with van der Waals surface area (Å²) < 4.78 is 29.8. The van der Waals surface area contributed by atoms with Crippen LogP contribution in [0, 0.1) is 29.6 Å². The van der Waals surface area contributed by atoms with E-state index in [0.29, 0.717) is 62.5 Å². The molecule has 322 valence electrons. The summed E-state index contributed by atoms with van der Waals surface area (Å²) in [6.45, 7) is 13.2. The molecule has 2 saturated heterocycles. The number of fused-ring (bicyclic) bond motifs is 3. The van der Waals surface area contributed by atoms with E-state index >= 15 is 0 Å². The van der Waals surface area contributed by atoms with Crippen molar-refractivity contribution in [3.05, 3.63) is 36.0 Å². The minimum atomic E-state index is -2.51. The van der Waals surface area contributed by atoms with Gasteiger partial charge in [0.1, 0.15) is 18.2 Å². The van der Waals surface area contributed by atoms with E-state index in [2.05, 4.69) is 13.5 Å². The molecule has 1 saturated carbocycles. The molecule has 0 aromatic carbocycles. The SMILES string of the molecule is C=CC/C1=C\C(C)C[C@H](C)C[C@H](OC)[C@H]2O[C@@](O)(C(=O)C(=O)N3CCCCC3C(=O)O[C@H](C(C)=C[C@@H]3CC[C@@H](O)[C@H](OC)C3)[C@H](C)[C@@H](O)CC1=O)[C@H](C)C[C@@H]2OC. The minimum absolute atomic E-state index is 0.0120. The number of cyclic esters (lactones) is 1. The number of methoxy groups -OCH3 is 3. The lowest BCUT2D eigenvalue weighted by molar-refractivity contribution is -0.302. The van der Waals surface area contributed by atoms with Gasteiger partial charge in [0, 0.05) is 46.1 Å². The highest BCUT2D eigenvalue weighted by molar-refractivity contribution is 6.39. The van der Waals surface area contributed by atoms with Crippen LogP contribution < -0.4 is 0 Å². The second kappa shape index (κ2) is 21.0. The third kappa shape index (κ3) is 11.3. The predicted molar refractivity (Wildman–Crippen MR) is 213 cm³/mol. The third-order valence-corrected chi connectivity index (χ3v) is 12.8. The maximum Gasteiger partial charge on any atom is 0.329 e. The van der Waals surface area contributed by atoms with Crippen molar-refractivity contribution in [3.8, 4) is 0 Å². The van der Waals surface area contributed by atoms with Crippen LogP contribution in [0.2, 0.25) is 0 Å². The summed E-state index contributed by atoms with van der Waals surface area (Å²) in [6.07, 6.45) is 4.89. The molecule has 3 heterocycles. The highest BCUT2D eigenvalue weighted by Crippen LogP contribution is 2.39. The fourth-order valence-corrected chi connectivity index (χ4v) is 9.44. The van der Waals surface area contributed by atoms with Crippen molar-refractivity contribution >= 4 is 23.4 Å². The average molecular weight is 804 g/mol. The van der Waals surface area contributed by atoms with E-state index < -0.39 is 77.9 Å². The molecule has 57 heavy (non-hydrogen) atoms. The summed E-state index contributed by atoms with van der Waals surface area (Å²) in [5.41, 5.74) is 1.18. The van der Waals surface area contributed by atoms with Gasteiger partial charge in [0.15, 0.2) is 5.78 Å². The molecule has 3 aliphatic heterocycles. The monoisotopic (exact) mass is 803 g/mol. The van der Waals surface area contributed by atoms with Crippen LogP contribution >= 0.6 is 0 Å². The number of allylic oxidation sites excluding steroid dienone is 4. The summed E-state index contributed by atoms with van der Waals surface area (Å²) >= 11 is 0. The number of carbonyl (C=O) groups is 4. The molecule has 14 atom stereocenters. The smallest absolute Gasteiger partial charge is 0.329 e. The van der Waals surface area contributed by atoms with E-state index in [4.69, 9.17) is 23.7 Å². The van der Waals surface area contributed by atoms with Crippen LogP contribution in [0.25, 0.3) is 0 Å². The first-order chi connectivity index (χ1) is 27.0. The molecule has 1 aliphatic carbocycles. The fourth-order valence-electron chi connectivity index (χ4n) is 9.44. The quantitative estimate of drug-likeness (QED) is 0.185. The summed E-state index contributed by atoms with van der Waals surface area (Å²) in [6, 6.07) is -1.14. The number of aliphatic hydroxyl groups is 3. The highest BCUT2D eigenvalue weighted by atomic mass is 16.7. The molecule has 3 fully saturated rings. The van der Waals surface area contributed by atoms with Gasteiger partial charge in [0.2, 0.25) is 5.79 Å². The number of ketones is 2.